The van der Waals surface area contributed by atoms with Crippen molar-refractivity contribution in [1.82, 2.24) is 0 Å². The highest BCUT2D eigenvalue weighted by Crippen LogP contribution is 2.50. The van der Waals surface area contributed by atoms with Gasteiger partial charge >= 0.3 is 0 Å². The topological polar surface area (TPSA) is 79.3 Å². The third-order valence-electron chi connectivity index (χ3n) is 5.86. The summed E-state index contributed by atoms with van der Waals surface area (Å²) in [5.41, 5.74) is 1.35. The van der Waals surface area contributed by atoms with Gasteiger partial charge in [0.05, 0.1) is 28.5 Å². The molecule has 2 amide bonds. The fourth-order valence-corrected chi connectivity index (χ4v) is 4.64. The third-order valence-corrected chi connectivity index (χ3v) is 6.60. The van der Waals surface area contributed by atoms with Gasteiger partial charge in [-0.25, -0.2) is 9.96 Å². The number of halogens is 2. The maximum Gasteiger partial charge on any atom is 0.266 e. The minimum Gasteiger partial charge on any atom is -0.504 e. The van der Waals surface area contributed by atoms with E-state index in [4.69, 9.17) is 32.8 Å². The Balaban J connectivity index is 1.62. The highest BCUT2D eigenvalue weighted by Gasteiger charge is 2.60. The summed E-state index contributed by atoms with van der Waals surface area (Å²) in [6.45, 7) is 0. The van der Waals surface area contributed by atoms with Crippen LogP contribution in [-0.2, 0) is 14.4 Å². The Morgan fingerprint density at radius 2 is 1.67 bits per heavy atom. The largest absolute Gasteiger partial charge is 0.504 e. The first-order valence-electron chi connectivity index (χ1n) is 10.1. The smallest absolute Gasteiger partial charge is 0.266 e. The lowest BCUT2D eigenvalue weighted by Gasteiger charge is -2.29. The standard InChI is InChI=1S/C24H18Cl2N2O5/c1-32-18-9-5-8-15(21(18)29)20-19-22(33-28(20)13-6-3-2-4-7-13)24(31)27(23(19)30)14-10-11-16(25)17(26)12-14/h2-12,19-20,22,29H,1H3/t19-,20-,22-/m1/s1. The van der Waals surface area contributed by atoms with E-state index in [1.807, 2.05) is 18.2 Å². The van der Waals surface area contributed by atoms with Gasteiger partial charge in [-0.05, 0) is 36.4 Å². The molecule has 0 aliphatic carbocycles. The number of rotatable bonds is 4. The lowest BCUT2D eigenvalue weighted by molar-refractivity contribution is -0.126. The van der Waals surface area contributed by atoms with Gasteiger partial charge in [-0.2, -0.15) is 0 Å². The molecule has 3 aromatic rings. The zero-order chi connectivity index (χ0) is 23.3. The number of phenols is 1. The van der Waals surface area contributed by atoms with Gasteiger partial charge in [0.1, 0.15) is 12.0 Å². The predicted molar refractivity (Wildman–Crippen MR) is 124 cm³/mol. The molecule has 7 nitrogen and oxygen atoms in total. The minimum absolute atomic E-state index is 0.122. The Hall–Kier alpha value is -3.26. The van der Waals surface area contributed by atoms with E-state index in [-0.39, 0.29) is 16.5 Å². The van der Waals surface area contributed by atoms with Gasteiger partial charge in [0.2, 0.25) is 5.91 Å². The number of aromatic hydroxyl groups is 1. The molecule has 3 aromatic carbocycles. The molecule has 0 bridgehead atoms. The minimum atomic E-state index is -1.08. The van der Waals surface area contributed by atoms with Crippen LogP contribution in [0.2, 0.25) is 10.0 Å². The molecule has 0 spiro atoms. The van der Waals surface area contributed by atoms with E-state index in [1.54, 1.807) is 36.4 Å². The average molecular weight is 485 g/mol. The summed E-state index contributed by atoms with van der Waals surface area (Å²) in [5.74, 6) is -1.76. The quantitative estimate of drug-likeness (QED) is 0.537. The molecule has 0 saturated carbocycles. The van der Waals surface area contributed by atoms with Crippen LogP contribution >= 0.6 is 23.2 Å². The second kappa shape index (κ2) is 8.26. The maximum atomic E-state index is 13.6. The van der Waals surface area contributed by atoms with E-state index in [2.05, 4.69) is 0 Å². The van der Waals surface area contributed by atoms with Crippen LogP contribution in [0.25, 0.3) is 0 Å². The van der Waals surface area contributed by atoms with Crippen molar-refractivity contribution in [2.75, 3.05) is 17.1 Å². The van der Waals surface area contributed by atoms with E-state index in [0.29, 0.717) is 22.0 Å². The molecular weight excluding hydrogens is 467 g/mol. The van der Waals surface area contributed by atoms with Crippen LogP contribution in [0.5, 0.6) is 11.5 Å². The summed E-state index contributed by atoms with van der Waals surface area (Å²) in [5, 5.41) is 12.9. The molecule has 168 valence electrons. The Bertz CT molecular complexity index is 1250. The monoisotopic (exact) mass is 484 g/mol. The van der Waals surface area contributed by atoms with Crippen LogP contribution in [0.15, 0.2) is 66.7 Å². The summed E-state index contributed by atoms with van der Waals surface area (Å²) in [4.78, 5) is 34.1. The second-order valence-corrected chi connectivity index (χ2v) is 8.48. The number of hydroxylamine groups is 1. The first-order chi connectivity index (χ1) is 15.9. The summed E-state index contributed by atoms with van der Waals surface area (Å²) in [6, 6.07) is 17.9. The summed E-state index contributed by atoms with van der Waals surface area (Å²) < 4.78 is 5.26. The first-order valence-corrected chi connectivity index (χ1v) is 10.9. The highest BCUT2D eigenvalue weighted by molar-refractivity contribution is 6.42. The van der Waals surface area contributed by atoms with Crippen molar-refractivity contribution in [3.63, 3.8) is 0 Å². The predicted octanol–water partition coefficient (Wildman–Crippen LogP) is 4.76. The maximum absolute atomic E-state index is 13.6. The van der Waals surface area contributed by atoms with Gasteiger partial charge in [-0.15, -0.1) is 0 Å². The van der Waals surface area contributed by atoms with Crippen molar-refractivity contribution in [3.05, 3.63) is 82.3 Å². The molecule has 2 saturated heterocycles. The molecule has 1 N–H and O–H groups in total. The molecule has 5 rings (SSSR count). The van der Waals surface area contributed by atoms with Gasteiger partial charge in [-0.3, -0.25) is 14.4 Å². The molecule has 0 radical (unpaired) electrons. The lowest BCUT2D eigenvalue weighted by Crippen LogP contribution is -2.37. The van der Waals surface area contributed by atoms with E-state index in [0.717, 1.165) is 4.90 Å². The van der Waals surface area contributed by atoms with Crippen molar-refractivity contribution in [2.45, 2.75) is 12.1 Å². The van der Waals surface area contributed by atoms with Crippen molar-refractivity contribution in [1.29, 1.82) is 0 Å². The number of benzene rings is 3. The number of hydrogen-bond acceptors (Lipinski definition) is 6. The molecular formula is C24H18Cl2N2O5. The first kappa shape index (κ1) is 21.6. The number of ether oxygens (including phenoxy) is 1. The van der Waals surface area contributed by atoms with Crippen molar-refractivity contribution in [2.24, 2.45) is 5.92 Å². The van der Waals surface area contributed by atoms with Gasteiger partial charge in [0.25, 0.3) is 5.91 Å². The van der Waals surface area contributed by atoms with E-state index in [1.165, 1.54) is 24.3 Å². The molecule has 2 aliphatic rings. The number of hydrogen-bond donors (Lipinski definition) is 1. The number of anilines is 2. The van der Waals surface area contributed by atoms with Crippen LogP contribution in [0.3, 0.4) is 0 Å². The van der Waals surface area contributed by atoms with Gasteiger partial charge < -0.3 is 9.84 Å². The van der Waals surface area contributed by atoms with Crippen molar-refractivity contribution >= 4 is 46.4 Å². The number of carbonyl (C=O) groups excluding carboxylic acids is 2. The summed E-state index contributed by atoms with van der Waals surface area (Å²) >= 11 is 12.1. The molecule has 0 aromatic heterocycles. The zero-order valence-corrected chi connectivity index (χ0v) is 18.8. The number of para-hydroxylation sites is 2. The van der Waals surface area contributed by atoms with Crippen LogP contribution < -0.4 is 14.7 Å². The molecule has 2 fully saturated rings. The van der Waals surface area contributed by atoms with Gasteiger partial charge in [-0.1, -0.05) is 53.5 Å². The summed E-state index contributed by atoms with van der Waals surface area (Å²) in [6.07, 6.45) is -1.08. The second-order valence-electron chi connectivity index (χ2n) is 7.67. The number of amides is 2. The molecule has 0 unspecified atom stereocenters. The number of carbonyl (C=O) groups is 2. The molecule has 9 heteroatoms. The number of fused-ring (bicyclic) bond motifs is 1. The molecule has 2 heterocycles. The number of imide groups is 1. The normalized spacial score (nSPS) is 22.1. The van der Waals surface area contributed by atoms with E-state index in [9.17, 15) is 14.7 Å². The fraction of sp³-hybridized carbons (Fsp3) is 0.167. The SMILES string of the molecule is COc1cccc([C@@H]2[C@H]3C(=O)N(c4ccc(Cl)c(Cl)c4)C(=O)[C@@H]3ON2c2ccccc2)c1O. The van der Waals surface area contributed by atoms with Crippen LogP contribution in [0.1, 0.15) is 11.6 Å². The number of nitrogens with zero attached hydrogens (tertiary/aromatic N) is 2. The molecule has 33 heavy (non-hydrogen) atoms. The van der Waals surface area contributed by atoms with Gasteiger partial charge in [0.15, 0.2) is 17.6 Å². The number of methoxy groups -OCH3 is 1. The zero-order valence-electron chi connectivity index (χ0n) is 17.3. The van der Waals surface area contributed by atoms with E-state index >= 15 is 0 Å². The van der Waals surface area contributed by atoms with Crippen LogP contribution in [-0.4, -0.2) is 30.1 Å². The molecule has 2 aliphatic heterocycles. The Kier molecular flexibility index (Phi) is 5.40. The molecule has 3 atom stereocenters. The van der Waals surface area contributed by atoms with E-state index < -0.39 is 29.9 Å². The van der Waals surface area contributed by atoms with Crippen LogP contribution in [0, 0.1) is 5.92 Å². The highest BCUT2D eigenvalue weighted by atomic mass is 35.5. The Labute approximate surface area is 199 Å². The lowest BCUT2D eigenvalue weighted by atomic mass is 9.90. The van der Waals surface area contributed by atoms with Gasteiger partial charge in [0, 0.05) is 5.56 Å². The Morgan fingerprint density at radius 3 is 2.36 bits per heavy atom. The summed E-state index contributed by atoms with van der Waals surface area (Å²) in [7, 11) is 1.44. The number of phenolic OH excluding ortho intramolecular Hbond substituents is 1. The fourth-order valence-electron chi connectivity index (χ4n) is 4.35. The van der Waals surface area contributed by atoms with Crippen molar-refractivity contribution in [3.8, 4) is 11.5 Å². The average Bonchev–Trinajstić information content (AvgIpc) is 3.32. The van der Waals surface area contributed by atoms with Crippen LogP contribution in [0.4, 0.5) is 11.4 Å². The third kappa shape index (κ3) is 3.40. The van der Waals surface area contributed by atoms with Crippen molar-refractivity contribution < 1.29 is 24.3 Å². The Morgan fingerprint density at radius 1 is 0.909 bits per heavy atom.